The van der Waals surface area contributed by atoms with Gasteiger partial charge in [-0.3, -0.25) is 14.2 Å². The number of hydrogen-bond acceptors (Lipinski definition) is 5. The van der Waals surface area contributed by atoms with Gasteiger partial charge in [-0.25, -0.2) is 4.98 Å². The molecule has 3 rings (SSSR count). The number of aryl methyl sites for hydroxylation is 2. The Labute approximate surface area is 138 Å². The molecule has 7 nitrogen and oxygen atoms in total. The Hall–Kier alpha value is -2.96. The molecule has 1 amide bonds. The summed E-state index contributed by atoms with van der Waals surface area (Å²) in [5, 5.41) is 7.15. The fraction of sp³-hybridized carbons (Fsp3) is 0.294. The van der Waals surface area contributed by atoms with E-state index >= 15 is 0 Å². The van der Waals surface area contributed by atoms with Gasteiger partial charge in [0.15, 0.2) is 0 Å². The van der Waals surface area contributed by atoms with E-state index in [9.17, 15) is 9.59 Å². The lowest BCUT2D eigenvalue weighted by atomic mass is 10.2. The molecule has 0 aliphatic heterocycles. The first-order valence-corrected chi connectivity index (χ1v) is 7.76. The van der Waals surface area contributed by atoms with E-state index in [4.69, 9.17) is 4.52 Å². The van der Waals surface area contributed by atoms with Crippen LogP contribution in [0.15, 0.2) is 46.0 Å². The van der Waals surface area contributed by atoms with Crippen LogP contribution in [0.1, 0.15) is 17.9 Å². The zero-order valence-electron chi connectivity index (χ0n) is 13.4. The molecule has 24 heavy (non-hydrogen) atoms. The molecule has 1 N–H and O–H groups in total. The highest BCUT2D eigenvalue weighted by Crippen LogP contribution is 2.05. The number of fused-ring (bicyclic) bond motifs is 1. The number of para-hydroxylation sites is 1. The average Bonchev–Trinajstić information content (AvgIpc) is 3.00. The van der Waals surface area contributed by atoms with Crippen LogP contribution in [0.2, 0.25) is 0 Å². The van der Waals surface area contributed by atoms with Crippen molar-refractivity contribution in [3.63, 3.8) is 0 Å². The third-order valence-electron chi connectivity index (χ3n) is 3.68. The first-order chi connectivity index (χ1) is 11.6. The Morgan fingerprint density at radius 2 is 2.17 bits per heavy atom. The maximum Gasteiger partial charge on any atom is 0.261 e. The van der Waals surface area contributed by atoms with Crippen LogP contribution >= 0.6 is 0 Å². The summed E-state index contributed by atoms with van der Waals surface area (Å²) in [6, 6.07) is 9.00. The molecule has 0 radical (unpaired) electrons. The summed E-state index contributed by atoms with van der Waals surface area (Å²) in [7, 11) is 0. The monoisotopic (exact) mass is 326 g/mol. The van der Waals surface area contributed by atoms with Gasteiger partial charge in [0, 0.05) is 32.0 Å². The number of amides is 1. The van der Waals surface area contributed by atoms with Crippen molar-refractivity contribution in [2.45, 2.75) is 26.3 Å². The summed E-state index contributed by atoms with van der Waals surface area (Å²) in [4.78, 5) is 28.4. The number of aromatic nitrogens is 3. The fourth-order valence-electron chi connectivity index (χ4n) is 2.44. The van der Waals surface area contributed by atoms with E-state index in [1.54, 1.807) is 18.2 Å². The summed E-state index contributed by atoms with van der Waals surface area (Å²) in [6.07, 6.45) is 2.29. The standard InChI is InChI=1S/C17H18N4O3/c1-12-10-13(24-20-12)6-8-18-16(22)7-9-21-11-19-15-5-3-2-4-14(15)17(21)23/h2-5,10-11H,6-9H2,1H3,(H,18,22). The van der Waals surface area contributed by atoms with Gasteiger partial charge in [-0.1, -0.05) is 17.3 Å². The molecular weight excluding hydrogens is 308 g/mol. The zero-order valence-corrected chi connectivity index (χ0v) is 13.4. The maximum absolute atomic E-state index is 12.3. The topological polar surface area (TPSA) is 90.0 Å². The van der Waals surface area contributed by atoms with Crippen molar-refractivity contribution in [2.24, 2.45) is 0 Å². The maximum atomic E-state index is 12.3. The average molecular weight is 326 g/mol. The first kappa shape index (κ1) is 15.9. The van der Waals surface area contributed by atoms with Gasteiger partial charge in [0.05, 0.1) is 22.9 Å². The van der Waals surface area contributed by atoms with Gasteiger partial charge >= 0.3 is 0 Å². The Kier molecular flexibility index (Phi) is 4.69. The molecule has 124 valence electrons. The van der Waals surface area contributed by atoms with E-state index in [-0.39, 0.29) is 17.9 Å². The Morgan fingerprint density at radius 1 is 1.33 bits per heavy atom. The highest BCUT2D eigenvalue weighted by Gasteiger charge is 2.07. The highest BCUT2D eigenvalue weighted by atomic mass is 16.5. The van der Waals surface area contributed by atoms with E-state index in [0.717, 1.165) is 11.5 Å². The van der Waals surface area contributed by atoms with E-state index in [0.29, 0.717) is 30.4 Å². The molecular formula is C17H18N4O3. The van der Waals surface area contributed by atoms with E-state index in [2.05, 4.69) is 15.5 Å². The molecule has 0 fully saturated rings. The normalized spacial score (nSPS) is 10.9. The number of hydrogen-bond donors (Lipinski definition) is 1. The largest absolute Gasteiger partial charge is 0.361 e. The molecule has 2 heterocycles. The van der Waals surface area contributed by atoms with Gasteiger partial charge < -0.3 is 9.84 Å². The second kappa shape index (κ2) is 7.08. The van der Waals surface area contributed by atoms with Crippen molar-refractivity contribution in [3.05, 3.63) is 58.5 Å². The third-order valence-corrected chi connectivity index (χ3v) is 3.68. The van der Waals surface area contributed by atoms with Crippen LogP contribution in [-0.2, 0) is 17.8 Å². The molecule has 7 heteroatoms. The zero-order chi connectivity index (χ0) is 16.9. The summed E-state index contributed by atoms with van der Waals surface area (Å²) < 4.78 is 6.54. The smallest absolute Gasteiger partial charge is 0.261 e. The van der Waals surface area contributed by atoms with Crippen molar-refractivity contribution in [1.82, 2.24) is 20.0 Å². The summed E-state index contributed by atoms with van der Waals surface area (Å²) in [6.45, 7) is 2.61. The van der Waals surface area contributed by atoms with Crippen molar-refractivity contribution in [2.75, 3.05) is 6.54 Å². The first-order valence-electron chi connectivity index (χ1n) is 7.76. The Bertz CT molecular complexity index is 913. The number of nitrogens with zero attached hydrogens (tertiary/aromatic N) is 3. The summed E-state index contributed by atoms with van der Waals surface area (Å²) in [5.74, 6) is 0.619. The van der Waals surface area contributed by atoms with Crippen LogP contribution in [0.3, 0.4) is 0 Å². The number of rotatable bonds is 6. The van der Waals surface area contributed by atoms with E-state index in [1.165, 1.54) is 10.9 Å². The predicted molar refractivity (Wildman–Crippen MR) is 88.6 cm³/mol. The number of benzene rings is 1. The molecule has 0 unspecified atom stereocenters. The number of carbonyl (C=O) groups is 1. The molecule has 2 aromatic heterocycles. The van der Waals surface area contributed by atoms with E-state index < -0.39 is 0 Å². The predicted octanol–water partition coefficient (Wildman–Crippen LogP) is 1.44. The van der Waals surface area contributed by atoms with Crippen LogP contribution in [0.5, 0.6) is 0 Å². The molecule has 0 aliphatic rings. The molecule has 0 saturated carbocycles. The highest BCUT2D eigenvalue weighted by molar-refractivity contribution is 5.77. The Morgan fingerprint density at radius 3 is 2.96 bits per heavy atom. The van der Waals surface area contributed by atoms with Gasteiger partial charge in [0.2, 0.25) is 5.91 Å². The third kappa shape index (κ3) is 3.68. The van der Waals surface area contributed by atoms with Crippen LogP contribution in [-0.4, -0.2) is 27.2 Å². The van der Waals surface area contributed by atoms with E-state index in [1.807, 2.05) is 19.1 Å². The van der Waals surface area contributed by atoms with Crippen LogP contribution in [0.4, 0.5) is 0 Å². The SMILES string of the molecule is Cc1cc(CCNC(=O)CCn2cnc3ccccc3c2=O)on1. The van der Waals surface area contributed by atoms with Crippen LogP contribution in [0.25, 0.3) is 10.9 Å². The van der Waals surface area contributed by atoms with Gasteiger partial charge in [-0.2, -0.15) is 0 Å². The molecule has 0 spiro atoms. The molecule has 0 atom stereocenters. The number of nitrogens with one attached hydrogen (secondary N) is 1. The van der Waals surface area contributed by atoms with Gasteiger partial charge in [-0.15, -0.1) is 0 Å². The van der Waals surface area contributed by atoms with Crippen molar-refractivity contribution >= 4 is 16.8 Å². The lowest BCUT2D eigenvalue weighted by Gasteiger charge is -2.07. The van der Waals surface area contributed by atoms with Gasteiger partial charge in [0.1, 0.15) is 5.76 Å². The quantitative estimate of drug-likeness (QED) is 0.740. The molecule has 0 aliphatic carbocycles. The van der Waals surface area contributed by atoms with Gasteiger partial charge in [-0.05, 0) is 19.1 Å². The van der Waals surface area contributed by atoms with Crippen molar-refractivity contribution in [3.8, 4) is 0 Å². The molecule has 1 aromatic carbocycles. The molecule has 0 saturated heterocycles. The minimum Gasteiger partial charge on any atom is -0.361 e. The Balaban J connectivity index is 1.53. The second-order valence-electron chi connectivity index (χ2n) is 5.54. The van der Waals surface area contributed by atoms with Gasteiger partial charge in [0.25, 0.3) is 5.56 Å². The molecule has 0 bridgehead atoms. The number of carbonyl (C=O) groups excluding carboxylic acids is 1. The lowest BCUT2D eigenvalue weighted by molar-refractivity contribution is -0.121. The van der Waals surface area contributed by atoms with Crippen molar-refractivity contribution < 1.29 is 9.32 Å². The van der Waals surface area contributed by atoms with Crippen LogP contribution < -0.4 is 10.9 Å². The minimum absolute atomic E-state index is 0.119. The molecule has 3 aromatic rings. The second-order valence-corrected chi connectivity index (χ2v) is 5.54. The summed E-state index contributed by atoms with van der Waals surface area (Å²) >= 11 is 0. The van der Waals surface area contributed by atoms with Crippen LogP contribution in [0, 0.1) is 6.92 Å². The summed E-state index contributed by atoms with van der Waals surface area (Å²) in [5.41, 5.74) is 1.34. The fourth-order valence-corrected chi connectivity index (χ4v) is 2.44. The minimum atomic E-state index is -0.134. The van der Waals surface area contributed by atoms with Crippen molar-refractivity contribution in [1.29, 1.82) is 0 Å². The lowest BCUT2D eigenvalue weighted by Crippen LogP contribution is -2.29.